The SMILES string of the molecule is C#CCN(CCCN(CC#C)S(=O)(=O)c1ccc(C)cc1)S(=O)(=O)c1ccc(C)cc1. The van der Waals surface area contributed by atoms with Gasteiger partial charge in [0, 0.05) is 13.1 Å². The van der Waals surface area contributed by atoms with E-state index in [2.05, 4.69) is 11.8 Å². The smallest absolute Gasteiger partial charge is 0.207 e. The highest BCUT2D eigenvalue weighted by Crippen LogP contribution is 2.19. The highest BCUT2D eigenvalue weighted by molar-refractivity contribution is 7.89. The van der Waals surface area contributed by atoms with Crippen LogP contribution >= 0.6 is 0 Å². The quantitative estimate of drug-likeness (QED) is 0.513. The summed E-state index contributed by atoms with van der Waals surface area (Å²) in [7, 11) is -7.60. The number of rotatable bonds is 10. The maximum Gasteiger partial charge on any atom is 0.243 e. The number of hydrogen-bond acceptors (Lipinski definition) is 4. The largest absolute Gasteiger partial charge is 0.243 e. The molecular weight excluding hydrogens is 432 g/mol. The molecule has 2 rings (SSSR count). The van der Waals surface area contributed by atoms with Crippen LogP contribution < -0.4 is 0 Å². The average Bonchev–Trinajstić information content (AvgIpc) is 2.73. The first-order valence-corrected chi connectivity index (χ1v) is 12.5. The lowest BCUT2D eigenvalue weighted by atomic mass is 10.2. The molecule has 6 nitrogen and oxygen atoms in total. The van der Waals surface area contributed by atoms with Crippen molar-refractivity contribution in [3.63, 3.8) is 0 Å². The van der Waals surface area contributed by atoms with Crippen LogP contribution in [0.2, 0.25) is 0 Å². The minimum Gasteiger partial charge on any atom is -0.207 e. The lowest BCUT2D eigenvalue weighted by Crippen LogP contribution is -2.37. The molecule has 0 N–H and O–H groups in total. The summed E-state index contributed by atoms with van der Waals surface area (Å²) in [6.07, 6.45) is 11.0. The van der Waals surface area contributed by atoms with Gasteiger partial charge in [0.1, 0.15) is 0 Å². The Labute approximate surface area is 186 Å². The first-order chi connectivity index (χ1) is 14.6. The van der Waals surface area contributed by atoms with Crippen LogP contribution in [0.1, 0.15) is 17.5 Å². The molecule has 0 aliphatic carbocycles. The monoisotopic (exact) mass is 458 g/mol. The number of terminal acetylenes is 2. The van der Waals surface area contributed by atoms with Crippen LogP contribution in [0.5, 0.6) is 0 Å². The zero-order chi connectivity index (χ0) is 23.1. The molecule has 0 heterocycles. The van der Waals surface area contributed by atoms with Gasteiger partial charge in [0.2, 0.25) is 20.0 Å². The van der Waals surface area contributed by atoms with Gasteiger partial charge in [-0.25, -0.2) is 16.8 Å². The molecule has 0 bridgehead atoms. The van der Waals surface area contributed by atoms with Crippen LogP contribution in [-0.4, -0.2) is 51.6 Å². The third-order valence-electron chi connectivity index (χ3n) is 4.67. The van der Waals surface area contributed by atoms with E-state index in [0.29, 0.717) is 0 Å². The van der Waals surface area contributed by atoms with E-state index in [-0.39, 0.29) is 42.4 Å². The molecule has 0 unspecified atom stereocenters. The van der Waals surface area contributed by atoms with Gasteiger partial charge in [0.05, 0.1) is 22.9 Å². The first kappa shape index (κ1) is 24.6. The van der Waals surface area contributed by atoms with Gasteiger partial charge >= 0.3 is 0 Å². The normalized spacial score (nSPS) is 11.9. The zero-order valence-electron chi connectivity index (χ0n) is 17.7. The second-order valence-electron chi connectivity index (χ2n) is 7.07. The fourth-order valence-corrected chi connectivity index (χ4v) is 5.70. The molecule has 0 fully saturated rings. The molecule has 0 aliphatic heterocycles. The van der Waals surface area contributed by atoms with Crippen LogP contribution in [0.4, 0.5) is 0 Å². The van der Waals surface area contributed by atoms with E-state index in [4.69, 9.17) is 12.8 Å². The predicted octanol–water partition coefficient (Wildman–Crippen LogP) is 2.64. The van der Waals surface area contributed by atoms with Crippen molar-refractivity contribution in [1.82, 2.24) is 8.61 Å². The average molecular weight is 459 g/mol. The minimum atomic E-state index is -3.80. The van der Waals surface area contributed by atoms with Gasteiger partial charge in [0.25, 0.3) is 0 Å². The Hall–Kier alpha value is -2.62. The molecule has 0 saturated carbocycles. The molecule has 31 heavy (non-hydrogen) atoms. The van der Waals surface area contributed by atoms with Crippen LogP contribution in [-0.2, 0) is 20.0 Å². The molecule has 0 amide bonds. The van der Waals surface area contributed by atoms with Gasteiger partial charge in [-0.05, 0) is 44.5 Å². The summed E-state index contributed by atoms with van der Waals surface area (Å²) >= 11 is 0. The van der Waals surface area contributed by atoms with Gasteiger partial charge in [-0.15, -0.1) is 12.8 Å². The summed E-state index contributed by atoms with van der Waals surface area (Å²) in [6.45, 7) is 3.62. The molecular formula is C23H26N2O4S2. The van der Waals surface area contributed by atoms with Crippen LogP contribution in [0, 0.1) is 38.5 Å². The molecule has 0 saturated heterocycles. The fraction of sp³-hybridized carbons (Fsp3) is 0.304. The Morgan fingerprint density at radius 1 is 0.677 bits per heavy atom. The van der Waals surface area contributed by atoms with Crippen molar-refractivity contribution in [2.75, 3.05) is 26.2 Å². The van der Waals surface area contributed by atoms with Crippen molar-refractivity contribution in [3.8, 4) is 24.7 Å². The van der Waals surface area contributed by atoms with E-state index < -0.39 is 20.0 Å². The molecule has 2 aromatic carbocycles. The van der Waals surface area contributed by atoms with E-state index in [1.165, 1.54) is 32.9 Å². The van der Waals surface area contributed by atoms with Crippen molar-refractivity contribution < 1.29 is 16.8 Å². The third-order valence-corrected chi connectivity index (χ3v) is 8.39. The van der Waals surface area contributed by atoms with Crippen molar-refractivity contribution in [2.45, 2.75) is 30.1 Å². The Morgan fingerprint density at radius 2 is 1.00 bits per heavy atom. The van der Waals surface area contributed by atoms with E-state index in [1.807, 2.05) is 13.8 Å². The molecule has 2 aromatic rings. The van der Waals surface area contributed by atoms with Crippen molar-refractivity contribution in [3.05, 3.63) is 59.7 Å². The number of benzene rings is 2. The van der Waals surface area contributed by atoms with Crippen molar-refractivity contribution in [1.29, 1.82) is 0 Å². The van der Waals surface area contributed by atoms with Gasteiger partial charge in [-0.2, -0.15) is 8.61 Å². The lowest BCUT2D eigenvalue weighted by molar-refractivity contribution is 0.391. The molecule has 0 radical (unpaired) electrons. The Bertz CT molecular complexity index is 1080. The summed E-state index contributed by atoms with van der Waals surface area (Å²) < 4.78 is 54.1. The van der Waals surface area contributed by atoms with E-state index in [9.17, 15) is 16.8 Å². The van der Waals surface area contributed by atoms with Crippen molar-refractivity contribution in [2.24, 2.45) is 0 Å². The Morgan fingerprint density at radius 3 is 1.29 bits per heavy atom. The summed E-state index contributed by atoms with van der Waals surface area (Å²) in [4.78, 5) is 0.280. The topological polar surface area (TPSA) is 74.8 Å². The third kappa shape index (κ3) is 6.19. The molecule has 0 aliphatic rings. The van der Waals surface area contributed by atoms with Crippen LogP contribution in [0.25, 0.3) is 0 Å². The van der Waals surface area contributed by atoms with Gasteiger partial charge in [-0.1, -0.05) is 47.2 Å². The highest BCUT2D eigenvalue weighted by atomic mass is 32.2. The summed E-state index contributed by atoms with van der Waals surface area (Å²) in [5.41, 5.74) is 1.88. The summed E-state index contributed by atoms with van der Waals surface area (Å²) in [6, 6.07) is 13.0. The van der Waals surface area contributed by atoms with Crippen molar-refractivity contribution >= 4 is 20.0 Å². The second kappa shape index (κ2) is 10.6. The Kier molecular flexibility index (Phi) is 8.43. The number of sulfonamides is 2. The molecule has 164 valence electrons. The number of hydrogen-bond donors (Lipinski definition) is 0. The Balaban J connectivity index is 2.17. The van der Waals surface area contributed by atoms with Gasteiger partial charge in [0.15, 0.2) is 0 Å². The number of aryl methyl sites for hydroxylation is 2. The second-order valence-corrected chi connectivity index (χ2v) is 10.9. The van der Waals surface area contributed by atoms with E-state index in [0.717, 1.165) is 11.1 Å². The molecule has 0 spiro atoms. The molecule has 8 heteroatoms. The maximum absolute atomic E-state index is 13.0. The standard InChI is InChI=1S/C23H26N2O4S2/c1-5-16-24(30(26,27)22-12-8-20(3)9-13-22)18-7-19-25(17-6-2)31(28,29)23-14-10-21(4)11-15-23/h1-2,8-15H,7,16-19H2,3-4H3. The fourth-order valence-electron chi connectivity index (χ4n) is 2.91. The van der Waals surface area contributed by atoms with E-state index in [1.54, 1.807) is 24.3 Å². The van der Waals surface area contributed by atoms with Crippen LogP contribution in [0.15, 0.2) is 58.3 Å². The predicted molar refractivity (Wildman–Crippen MR) is 122 cm³/mol. The van der Waals surface area contributed by atoms with Gasteiger partial charge < -0.3 is 0 Å². The molecule has 0 aromatic heterocycles. The minimum absolute atomic E-state index is 0.0604. The van der Waals surface area contributed by atoms with Crippen LogP contribution in [0.3, 0.4) is 0 Å². The maximum atomic E-state index is 13.0. The van der Waals surface area contributed by atoms with E-state index >= 15 is 0 Å². The molecule has 0 atom stereocenters. The first-order valence-electron chi connectivity index (χ1n) is 9.63. The van der Waals surface area contributed by atoms with Gasteiger partial charge in [-0.3, -0.25) is 0 Å². The highest BCUT2D eigenvalue weighted by Gasteiger charge is 2.26. The summed E-state index contributed by atoms with van der Waals surface area (Å²) in [5.74, 6) is 4.72. The summed E-state index contributed by atoms with van der Waals surface area (Å²) in [5, 5.41) is 0. The zero-order valence-corrected chi connectivity index (χ0v) is 19.3. The number of nitrogens with zero attached hydrogens (tertiary/aromatic N) is 2. The lowest BCUT2D eigenvalue weighted by Gasteiger charge is -2.23.